The van der Waals surface area contributed by atoms with Gasteiger partial charge in [-0.15, -0.1) is 0 Å². The lowest BCUT2D eigenvalue weighted by molar-refractivity contribution is -0.155. The minimum Gasteiger partial charge on any atom is -0.481 e. The van der Waals surface area contributed by atoms with Crippen molar-refractivity contribution in [2.45, 2.75) is 123 Å². The molecule has 0 aliphatic carbocycles. The molecule has 4 aromatic carbocycles. The molecule has 0 unspecified atom stereocenters. The standard InChI is InChI=1S/C36H40N2O8.C22H30N2O8/c1-2-3-10-21-37-34(42)31(38-32(39)19-20-33(40)41)23-27-17-15-26(16-18-27)22-30(35(43)45-24-28-11-6-4-7-12-28)36(44)46-25-29-13-8-5-9-14-29;1-2-3-4-11-23-20(28)17(24-18(25)9-10-19(26)27)13-15-7-5-14(6-8-15)12-16(21(29)30)22(31)32/h4-9,11-18,22,31H,2-3,10,19-21,23-25H2,1H3,(H,37,42)(H,38,39)(H,40,41);5-8,16-17H,2-4,9-13H2,1H3,(H,23,28)(H,24,25)(H,26,27)(H,29,30)(H,31,32)/t31-;17-/m00/s1. The molecule has 0 aromatic heterocycles. The molecular formula is C58H70N4O16. The molecule has 0 saturated carbocycles. The van der Waals surface area contributed by atoms with Gasteiger partial charge in [-0.05, 0) is 58.7 Å². The average Bonchev–Trinajstić information content (AvgIpc) is 3.42. The van der Waals surface area contributed by atoms with E-state index in [9.17, 15) is 47.9 Å². The summed E-state index contributed by atoms with van der Waals surface area (Å²) in [6, 6.07) is 29.6. The topological polar surface area (TPSA) is 318 Å². The monoisotopic (exact) mass is 1080 g/mol. The molecule has 0 aliphatic rings. The van der Waals surface area contributed by atoms with Crippen LogP contribution in [-0.4, -0.2) is 105 Å². The first-order valence-corrected chi connectivity index (χ1v) is 25.7. The van der Waals surface area contributed by atoms with Crippen molar-refractivity contribution in [2.24, 2.45) is 5.92 Å². The number of hydrogen-bond acceptors (Lipinski definition) is 12. The molecule has 0 saturated heterocycles. The minimum atomic E-state index is -1.56. The summed E-state index contributed by atoms with van der Waals surface area (Å²) in [7, 11) is 0. The predicted octanol–water partition coefficient (Wildman–Crippen LogP) is 5.97. The van der Waals surface area contributed by atoms with Crippen molar-refractivity contribution in [2.75, 3.05) is 13.1 Å². The van der Waals surface area contributed by atoms with E-state index in [0.717, 1.165) is 49.7 Å². The number of carboxylic acids is 4. The van der Waals surface area contributed by atoms with Crippen molar-refractivity contribution in [3.8, 4) is 0 Å². The second-order valence-corrected chi connectivity index (χ2v) is 18.1. The maximum Gasteiger partial charge on any atom is 0.345 e. The zero-order valence-electron chi connectivity index (χ0n) is 43.9. The fourth-order valence-corrected chi connectivity index (χ4v) is 7.33. The van der Waals surface area contributed by atoms with Gasteiger partial charge in [-0.2, -0.15) is 0 Å². The van der Waals surface area contributed by atoms with Crippen LogP contribution in [0.15, 0.2) is 115 Å². The molecule has 78 heavy (non-hydrogen) atoms. The molecule has 20 nitrogen and oxygen atoms in total. The summed E-state index contributed by atoms with van der Waals surface area (Å²) in [6.45, 7) is 4.95. The zero-order valence-corrected chi connectivity index (χ0v) is 43.9. The minimum absolute atomic E-state index is 0.0258. The van der Waals surface area contributed by atoms with Crippen LogP contribution in [-0.2, 0) is 89.9 Å². The number of nitrogens with one attached hydrogen (secondary N) is 4. The Labute approximate surface area is 453 Å². The van der Waals surface area contributed by atoms with Gasteiger partial charge in [0.15, 0.2) is 5.92 Å². The number of aliphatic carboxylic acids is 4. The van der Waals surface area contributed by atoms with Gasteiger partial charge in [-0.1, -0.05) is 149 Å². The number of carboxylic acid groups (broad SMARTS) is 4. The summed E-state index contributed by atoms with van der Waals surface area (Å²) in [6.07, 6.45) is 5.77. The molecule has 8 N–H and O–H groups in total. The lowest BCUT2D eigenvalue weighted by atomic mass is 9.97. The van der Waals surface area contributed by atoms with Crippen molar-refractivity contribution in [1.82, 2.24) is 21.3 Å². The summed E-state index contributed by atoms with van der Waals surface area (Å²) in [5, 5.41) is 46.5. The molecule has 4 amide bonds. The Morgan fingerprint density at radius 3 is 1.19 bits per heavy atom. The quantitative estimate of drug-likeness (QED) is 0.00896. The van der Waals surface area contributed by atoms with Crippen molar-refractivity contribution in [1.29, 1.82) is 0 Å². The molecule has 0 heterocycles. The zero-order chi connectivity index (χ0) is 57.2. The van der Waals surface area contributed by atoms with Gasteiger partial charge in [-0.3, -0.25) is 38.4 Å². The number of hydrogen-bond donors (Lipinski definition) is 8. The van der Waals surface area contributed by atoms with Crippen molar-refractivity contribution in [3.05, 3.63) is 148 Å². The molecule has 0 radical (unpaired) electrons. The van der Waals surface area contributed by atoms with E-state index in [1.54, 1.807) is 72.8 Å². The molecule has 418 valence electrons. The van der Waals surface area contributed by atoms with E-state index in [1.807, 2.05) is 43.3 Å². The van der Waals surface area contributed by atoms with E-state index < -0.39 is 65.6 Å². The maximum atomic E-state index is 13.1. The highest BCUT2D eigenvalue weighted by Crippen LogP contribution is 2.17. The first kappa shape index (κ1) is 63.6. The number of unbranched alkanes of at least 4 members (excludes halogenated alkanes) is 4. The van der Waals surface area contributed by atoms with Gasteiger partial charge in [-0.25, -0.2) is 9.59 Å². The van der Waals surface area contributed by atoms with Crippen LogP contribution in [0.25, 0.3) is 6.08 Å². The van der Waals surface area contributed by atoms with Crippen molar-refractivity contribution < 1.29 is 77.8 Å². The van der Waals surface area contributed by atoms with Crippen LogP contribution in [0.1, 0.15) is 111 Å². The number of carbonyl (C=O) groups excluding carboxylic acids is 6. The van der Waals surface area contributed by atoms with Gasteiger partial charge < -0.3 is 51.2 Å². The second kappa shape index (κ2) is 35.6. The maximum absolute atomic E-state index is 13.1. The fourth-order valence-electron chi connectivity index (χ4n) is 7.33. The second-order valence-electron chi connectivity index (χ2n) is 18.1. The van der Waals surface area contributed by atoms with Crippen LogP contribution < -0.4 is 21.3 Å². The van der Waals surface area contributed by atoms with Crippen LogP contribution in [0.4, 0.5) is 0 Å². The molecule has 20 heteroatoms. The van der Waals surface area contributed by atoms with Crippen LogP contribution >= 0.6 is 0 Å². The summed E-state index contributed by atoms with van der Waals surface area (Å²) in [5.74, 6) is -10.1. The molecule has 0 bridgehead atoms. The molecule has 2 atom stereocenters. The number of amides is 4. The van der Waals surface area contributed by atoms with Crippen LogP contribution in [0, 0.1) is 5.92 Å². The summed E-state index contributed by atoms with van der Waals surface area (Å²) in [5.41, 5.74) is 3.63. The van der Waals surface area contributed by atoms with Gasteiger partial charge in [0.2, 0.25) is 23.6 Å². The Morgan fingerprint density at radius 1 is 0.462 bits per heavy atom. The van der Waals surface area contributed by atoms with E-state index in [4.69, 9.17) is 29.9 Å². The predicted molar refractivity (Wildman–Crippen MR) is 286 cm³/mol. The number of ether oxygens (including phenoxy) is 2. The van der Waals surface area contributed by atoms with Gasteiger partial charge in [0.05, 0.1) is 12.8 Å². The molecule has 4 aromatic rings. The number of carbonyl (C=O) groups is 10. The highest BCUT2D eigenvalue weighted by Gasteiger charge is 2.27. The number of benzene rings is 4. The fraction of sp³-hybridized carbons (Fsp3) is 0.379. The first-order chi connectivity index (χ1) is 37.4. The first-order valence-electron chi connectivity index (χ1n) is 25.7. The number of esters is 2. The molecule has 0 fully saturated rings. The largest absolute Gasteiger partial charge is 0.481 e. The van der Waals surface area contributed by atoms with Crippen molar-refractivity contribution >= 4 is 65.5 Å². The summed E-state index contributed by atoms with van der Waals surface area (Å²) < 4.78 is 10.9. The number of rotatable bonds is 33. The van der Waals surface area contributed by atoms with Crippen molar-refractivity contribution in [3.63, 3.8) is 0 Å². The van der Waals surface area contributed by atoms with Crippen LogP contribution in [0.5, 0.6) is 0 Å². The van der Waals surface area contributed by atoms with E-state index in [1.165, 1.54) is 6.08 Å². The van der Waals surface area contributed by atoms with Gasteiger partial charge in [0, 0.05) is 38.8 Å². The summed E-state index contributed by atoms with van der Waals surface area (Å²) in [4.78, 5) is 120. The van der Waals surface area contributed by atoms with E-state index in [-0.39, 0.29) is 75.5 Å². The Morgan fingerprint density at radius 2 is 0.833 bits per heavy atom. The smallest absolute Gasteiger partial charge is 0.345 e. The van der Waals surface area contributed by atoms with E-state index >= 15 is 0 Å². The average molecular weight is 1080 g/mol. The SMILES string of the molecule is CCCCCNC(=O)[C@H](Cc1ccc(C=C(C(=O)OCc2ccccc2)C(=O)OCc2ccccc2)cc1)NC(=O)CCC(=O)O.CCCCCNC(=O)[C@H](Cc1ccc(CC(C(=O)O)C(=O)O)cc1)NC(=O)CCC(=O)O. The summed E-state index contributed by atoms with van der Waals surface area (Å²) >= 11 is 0. The molecule has 0 spiro atoms. The third-order valence-electron chi connectivity index (χ3n) is 11.7. The molecule has 4 rings (SSSR count). The molecular weight excluding hydrogens is 1010 g/mol. The van der Waals surface area contributed by atoms with Gasteiger partial charge in [0.25, 0.3) is 0 Å². The third-order valence-corrected chi connectivity index (χ3v) is 11.7. The Bertz CT molecular complexity index is 2550. The lowest BCUT2D eigenvalue weighted by Crippen LogP contribution is -2.48. The normalized spacial score (nSPS) is 11.3. The Kier molecular flexibility index (Phi) is 29.0. The van der Waals surface area contributed by atoms with Gasteiger partial charge in [0.1, 0.15) is 30.9 Å². The lowest BCUT2D eigenvalue weighted by Gasteiger charge is -2.19. The Balaban J connectivity index is 0.000000439. The van der Waals surface area contributed by atoms with Gasteiger partial charge >= 0.3 is 35.8 Å². The molecule has 0 aliphatic heterocycles. The third kappa shape index (κ3) is 25.7. The van der Waals surface area contributed by atoms with E-state index in [0.29, 0.717) is 35.3 Å². The van der Waals surface area contributed by atoms with E-state index in [2.05, 4.69) is 28.2 Å². The Hall–Kier alpha value is -8.68. The highest BCUT2D eigenvalue weighted by molar-refractivity contribution is 6.17. The highest BCUT2D eigenvalue weighted by atomic mass is 16.6. The van der Waals surface area contributed by atoms with Crippen LogP contribution in [0.3, 0.4) is 0 Å². The van der Waals surface area contributed by atoms with Crippen LogP contribution in [0.2, 0.25) is 0 Å².